The van der Waals surface area contributed by atoms with Crippen molar-refractivity contribution < 1.29 is 19.4 Å². The van der Waals surface area contributed by atoms with E-state index in [0.29, 0.717) is 25.4 Å². The molecule has 3 unspecified atom stereocenters. The molecule has 4 nitrogen and oxygen atoms in total. The van der Waals surface area contributed by atoms with E-state index in [1.165, 1.54) is 0 Å². The van der Waals surface area contributed by atoms with Gasteiger partial charge in [-0.15, -0.1) is 0 Å². The smallest absolute Gasteiger partial charge is 0.309 e. The van der Waals surface area contributed by atoms with Gasteiger partial charge in [-0.1, -0.05) is 40.5 Å². The van der Waals surface area contributed by atoms with Crippen molar-refractivity contribution in [3.05, 3.63) is 0 Å². The molecule has 0 radical (unpaired) electrons. The molecule has 4 heteroatoms. The van der Waals surface area contributed by atoms with Crippen LogP contribution in [0.25, 0.3) is 0 Å². The van der Waals surface area contributed by atoms with Crippen LogP contribution >= 0.6 is 0 Å². The predicted molar refractivity (Wildman–Crippen MR) is 81.9 cm³/mol. The van der Waals surface area contributed by atoms with Crippen LogP contribution in [0, 0.1) is 23.2 Å². The standard InChI is InChI=1S/C17H30O4/c1-12(11-17(2,3)4)9-10-21-16(20)14-8-6-5-7-13(14)15(18)19/h12-14H,5-11H2,1-4H3,(H,18,19). The maximum Gasteiger partial charge on any atom is 0.309 e. The number of ether oxygens (including phenoxy) is 1. The highest BCUT2D eigenvalue weighted by atomic mass is 16.5. The number of carboxylic acids is 1. The van der Waals surface area contributed by atoms with Crippen LogP contribution in [0.5, 0.6) is 0 Å². The van der Waals surface area contributed by atoms with E-state index in [9.17, 15) is 14.7 Å². The summed E-state index contributed by atoms with van der Waals surface area (Å²) < 4.78 is 5.34. The molecular formula is C17H30O4. The molecule has 0 spiro atoms. The van der Waals surface area contributed by atoms with Gasteiger partial charge in [0.2, 0.25) is 0 Å². The lowest BCUT2D eigenvalue weighted by molar-refractivity contribution is -0.160. The quantitative estimate of drug-likeness (QED) is 0.756. The predicted octanol–water partition coefficient (Wildman–Crippen LogP) is 3.88. The monoisotopic (exact) mass is 298 g/mol. The Balaban J connectivity index is 2.37. The number of carbonyl (C=O) groups excluding carboxylic acids is 1. The zero-order chi connectivity index (χ0) is 16.0. The topological polar surface area (TPSA) is 63.6 Å². The first kappa shape index (κ1) is 18.0. The highest BCUT2D eigenvalue weighted by molar-refractivity contribution is 5.81. The average molecular weight is 298 g/mol. The van der Waals surface area contributed by atoms with Gasteiger partial charge in [-0.25, -0.2) is 0 Å². The molecule has 0 saturated heterocycles. The fourth-order valence-electron chi connectivity index (χ4n) is 3.32. The van der Waals surface area contributed by atoms with Crippen LogP contribution < -0.4 is 0 Å². The van der Waals surface area contributed by atoms with Crippen molar-refractivity contribution in [3.8, 4) is 0 Å². The van der Waals surface area contributed by atoms with Crippen LogP contribution in [0.4, 0.5) is 0 Å². The van der Waals surface area contributed by atoms with Crippen molar-refractivity contribution >= 4 is 11.9 Å². The van der Waals surface area contributed by atoms with Crippen molar-refractivity contribution in [2.45, 2.75) is 66.2 Å². The first-order valence-corrected chi connectivity index (χ1v) is 8.10. The van der Waals surface area contributed by atoms with Gasteiger partial charge in [0.15, 0.2) is 0 Å². The van der Waals surface area contributed by atoms with Gasteiger partial charge in [0.1, 0.15) is 0 Å². The number of hydrogen-bond donors (Lipinski definition) is 1. The van der Waals surface area contributed by atoms with Crippen LogP contribution in [-0.4, -0.2) is 23.7 Å². The molecule has 21 heavy (non-hydrogen) atoms. The Hall–Kier alpha value is -1.06. The fourth-order valence-corrected chi connectivity index (χ4v) is 3.32. The van der Waals surface area contributed by atoms with E-state index in [1.54, 1.807) is 0 Å². The lowest BCUT2D eigenvalue weighted by atomic mass is 9.79. The molecule has 0 amide bonds. The SMILES string of the molecule is CC(CCOC(=O)C1CCCCC1C(=O)O)CC(C)(C)C. The first-order chi connectivity index (χ1) is 9.70. The minimum absolute atomic E-state index is 0.279. The molecule has 0 aromatic heterocycles. The molecule has 1 aliphatic rings. The van der Waals surface area contributed by atoms with Crippen LogP contribution in [0.3, 0.4) is 0 Å². The van der Waals surface area contributed by atoms with Gasteiger partial charge in [-0.2, -0.15) is 0 Å². The minimum Gasteiger partial charge on any atom is -0.481 e. The Morgan fingerprint density at radius 2 is 1.76 bits per heavy atom. The van der Waals surface area contributed by atoms with Gasteiger partial charge in [0.25, 0.3) is 0 Å². The van der Waals surface area contributed by atoms with Crippen LogP contribution in [0.15, 0.2) is 0 Å². The van der Waals surface area contributed by atoms with Crippen molar-refractivity contribution in [3.63, 3.8) is 0 Å². The highest BCUT2D eigenvalue weighted by Crippen LogP contribution is 2.31. The molecule has 1 fully saturated rings. The van der Waals surface area contributed by atoms with Gasteiger partial charge in [-0.3, -0.25) is 9.59 Å². The molecular weight excluding hydrogens is 268 g/mol. The second kappa shape index (κ2) is 7.81. The van der Waals surface area contributed by atoms with Crippen LogP contribution in [0.2, 0.25) is 0 Å². The molecule has 1 aliphatic carbocycles. The molecule has 1 N–H and O–H groups in total. The Morgan fingerprint density at radius 1 is 1.19 bits per heavy atom. The number of esters is 1. The maximum atomic E-state index is 12.1. The van der Waals surface area contributed by atoms with E-state index in [2.05, 4.69) is 27.7 Å². The van der Waals surface area contributed by atoms with Crippen molar-refractivity contribution in [1.29, 1.82) is 0 Å². The Morgan fingerprint density at radius 3 is 2.29 bits per heavy atom. The lowest BCUT2D eigenvalue weighted by Crippen LogP contribution is -2.34. The van der Waals surface area contributed by atoms with Crippen molar-refractivity contribution in [2.75, 3.05) is 6.61 Å². The van der Waals surface area contributed by atoms with Crippen LogP contribution in [-0.2, 0) is 14.3 Å². The van der Waals surface area contributed by atoms with E-state index >= 15 is 0 Å². The number of aliphatic carboxylic acids is 1. The van der Waals surface area contributed by atoms with E-state index < -0.39 is 17.8 Å². The third-order valence-electron chi connectivity index (χ3n) is 4.20. The highest BCUT2D eigenvalue weighted by Gasteiger charge is 2.36. The zero-order valence-corrected chi connectivity index (χ0v) is 13.9. The molecule has 1 saturated carbocycles. The molecule has 1 rings (SSSR count). The number of rotatable bonds is 6. The zero-order valence-electron chi connectivity index (χ0n) is 13.9. The third kappa shape index (κ3) is 6.49. The Bertz CT molecular complexity index is 356. The summed E-state index contributed by atoms with van der Waals surface area (Å²) >= 11 is 0. The molecule has 0 heterocycles. The molecule has 122 valence electrons. The minimum atomic E-state index is -0.863. The van der Waals surface area contributed by atoms with Gasteiger partial charge < -0.3 is 9.84 Å². The number of carboxylic acid groups (broad SMARTS) is 1. The van der Waals surface area contributed by atoms with Gasteiger partial charge >= 0.3 is 11.9 Å². The average Bonchev–Trinajstić information content (AvgIpc) is 2.36. The molecule has 0 aromatic rings. The summed E-state index contributed by atoms with van der Waals surface area (Å²) in [4.78, 5) is 23.3. The number of hydrogen-bond acceptors (Lipinski definition) is 3. The van der Waals surface area contributed by atoms with E-state index in [-0.39, 0.29) is 11.4 Å². The largest absolute Gasteiger partial charge is 0.481 e. The normalized spacial score (nSPS) is 24.4. The first-order valence-electron chi connectivity index (χ1n) is 8.10. The van der Waals surface area contributed by atoms with E-state index in [4.69, 9.17) is 4.74 Å². The summed E-state index contributed by atoms with van der Waals surface area (Å²) in [5, 5.41) is 9.19. The van der Waals surface area contributed by atoms with Gasteiger partial charge in [-0.05, 0) is 37.0 Å². The summed E-state index contributed by atoms with van der Waals surface area (Å²) in [6.07, 6.45) is 4.98. The van der Waals surface area contributed by atoms with E-state index in [1.807, 2.05) is 0 Å². The van der Waals surface area contributed by atoms with Gasteiger partial charge in [0.05, 0.1) is 18.4 Å². The maximum absolute atomic E-state index is 12.1. The Kier molecular flexibility index (Phi) is 6.69. The molecule has 0 bridgehead atoms. The molecule has 0 aromatic carbocycles. The lowest BCUT2D eigenvalue weighted by Gasteiger charge is -2.27. The summed E-state index contributed by atoms with van der Waals surface area (Å²) in [5.41, 5.74) is 0.279. The van der Waals surface area contributed by atoms with Gasteiger partial charge in [0, 0.05) is 0 Å². The summed E-state index contributed by atoms with van der Waals surface area (Å²) in [7, 11) is 0. The van der Waals surface area contributed by atoms with Crippen molar-refractivity contribution in [2.24, 2.45) is 23.2 Å². The summed E-state index contributed by atoms with van der Waals surface area (Å²) in [6.45, 7) is 9.18. The fraction of sp³-hybridized carbons (Fsp3) is 0.882. The number of carbonyl (C=O) groups is 2. The summed E-state index contributed by atoms with van der Waals surface area (Å²) in [5.74, 6) is -1.69. The molecule has 3 atom stereocenters. The third-order valence-corrected chi connectivity index (χ3v) is 4.20. The Labute approximate surface area is 128 Å². The summed E-state index contributed by atoms with van der Waals surface area (Å²) in [6, 6.07) is 0. The van der Waals surface area contributed by atoms with Crippen molar-refractivity contribution in [1.82, 2.24) is 0 Å². The molecule has 0 aliphatic heterocycles. The van der Waals surface area contributed by atoms with E-state index in [0.717, 1.165) is 25.7 Å². The second-order valence-corrected chi connectivity index (χ2v) is 7.66. The van der Waals surface area contributed by atoms with Crippen LogP contribution in [0.1, 0.15) is 66.2 Å². The second-order valence-electron chi connectivity index (χ2n) is 7.66.